The molecule has 144 valence electrons. The van der Waals surface area contributed by atoms with Crippen LogP contribution in [0.4, 0.5) is 0 Å². The minimum atomic E-state index is -0.991. The van der Waals surface area contributed by atoms with Crippen molar-refractivity contribution in [2.45, 2.75) is 13.5 Å². The number of carboxylic acid groups (broad SMARTS) is 1. The van der Waals surface area contributed by atoms with Crippen LogP contribution < -0.4 is 4.74 Å². The van der Waals surface area contributed by atoms with Crippen LogP contribution in [0.5, 0.6) is 5.75 Å². The number of halogens is 1. The lowest BCUT2D eigenvalue weighted by molar-refractivity contribution is 0.0697. The number of aromatic carboxylic acids is 1. The maximum absolute atomic E-state index is 11.0. The van der Waals surface area contributed by atoms with Crippen LogP contribution in [0.2, 0.25) is 0 Å². The monoisotopic (exact) mass is 495 g/mol. The van der Waals surface area contributed by atoms with E-state index in [9.17, 15) is 10.1 Å². The molecule has 0 aliphatic heterocycles. The molecule has 0 amide bonds. The molecule has 0 aliphatic rings. The number of ether oxygens (including phenoxy) is 1. The number of benzene rings is 3. The molecule has 3 aromatic rings. The standard InChI is InChI=1S/C24H18INO3/c1-16-2-4-17(5-3-16)15-29-23-11-6-18(13-22(23)25)12-21(14-26)19-7-9-20(10-8-19)24(27)28/h2-13H,15H2,1H3,(H,27,28)/b21-12-. The summed E-state index contributed by atoms with van der Waals surface area (Å²) in [6.45, 7) is 2.54. The summed E-state index contributed by atoms with van der Waals surface area (Å²) in [6.07, 6.45) is 1.78. The average molecular weight is 495 g/mol. The Kier molecular flexibility index (Phi) is 6.68. The predicted octanol–water partition coefficient (Wildman–Crippen LogP) is 5.94. The molecular weight excluding hydrogens is 477 g/mol. The molecule has 0 aliphatic carbocycles. The average Bonchev–Trinajstić information content (AvgIpc) is 2.72. The molecule has 0 heterocycles. The zero-order chi connectivity index (χ0) is 20.8. The fourth-order valence-electron chi connectivity index (χ4n) is 2.71. The summed E-state index contributed by atoms with van der Waals surface area (Å²) in [5.41, 5.74) is 4.52. The van der Waals surface area contributed by atoms with E-state index in [4.69, 9.17) is 9.84 Å². The largest absolute Gasteiger partial charge is 0.488 e. The summed E-state index contributed by atoms with van der Waals surface area (Å²) in [6, 6.07) is 22.4. The van der Waals surface area contributed by atoms with Crippen molar-refractivity contribution in [3.63, 3.8) is 0 Å². The van der Waals surface area contributed by atoms with Gasteiger partial charge in [0.2, 0.25) is 0 Å². The molecular formula is C24H18INO3. The zero-order valence-corrected chi connectivity index (χ0v) is 17.9. The van der Waals surface area contributed by atoms with Gasteiger partial charge in [0.1, 0.15) is 12.4 Å². The van der Waals surface area contributed by atoms with E-state index in [1.165, 1.54) is 17.7 Å². The van der Waals surface area contributed by atoms with E-state index >= 15 is 0 Å². The van der Waals surface area contributed by atoms with E-state index in [2.05, 4.69) is 47.7 Å². The van der Waals surface area contributed by atoms with E-state index in [-0.39, 0.29) is 5.56 Å². The maximum atomic E-state index is 11.0. The van der Waals surface area contributed by atoms with Crippen LogP contribution in [0.1, 0.15) is 32.6 Å². The fourth-order valence-corrected chi connectivity index (χ4v) is 3.40. The van der Waals surface area contributed by atoms with Gasteiger partial charge in [-0.3, -0.25) is 0 Å². The number of nitriles is 1. The third-order valence-electron chi connectivity index (χ3n) is 4.35. The topological polar surface area (TPSA) is 70.3 Å². The van der Waals surface area contributed by atoms with E-state index in [1.54, 1.807) is 18.2 Å². The van der Waals surface area contributed by atoms with Gasteiger partial charge in [-0.15, -0.1) is 0 Å². The van der Waals surface area contributed by atoms with Gasteiger partial charge in [0.05, 0.1) is 20.8 Å². The van der Waals surface area contributed by atoms with Gasteiger partial charge in [-0.25, -0.2) is 4.79 Å². The number of hydrogen-bond donors (Lipinski definition) is 1. The maximum Gasteiger partial charge on any atom is 0.335 e. The quantitative estimate of drug-likeness (QED) is 0.261. The number of aryl methyl sites for hydroxylation is 1. The molecule has 0 spiro atoms. The van der Waals surface area contributed by atoms with Crippen molar-refractivity contribution in [2.75, 3.05) is 0 Å². The summed E-state index contributed by atoms with van der Waals surface area (Å²) >= 11 is 2.22. The number of carboxylic acids is 1. The van der Waals surface area contributed by atoms with Gasteiger partial charge in [0.15, 0.2) is 0 Å². The van der Waals surface area contributed by atoms with E-state index in [0.29, 0.717) is 17.7 Å². The summed E-state index contributed by atoms with van der Waals surface area (Å²) in [7, 11) is 0. The Balaban J connectivity index is 1.76. The molecule has 0 fully saturated rings. The number of hydrogen-bond acceptors (Lipinski definition) is 3. The number of carbonyl (C=O) groups is 1. The Morgan fingerprint density at radius 1 is 1.07 bits per heavy atom. The summed E-state index contributed by atoms with van der Waals surface area (Å²) < 4.78 is 6.87. The third kappa shape index (κ3) is 5.46. The van der Waals surface area contributed by atoms with Gasteiger partial charge >= 0.3 is 5.97 Å². The van der Waals surface area contributed by atoms with Crippen LogP contribution in [0, 0.1) is 21.8 Å². The molecule has 5 heteroatoms. The highest BCUT2D eigenvalue weighted by molar-refractivity contribution is 14.1. The molecule has 0 unspecified atom stereocenters. The van der Waals surface area contributed by atoms with Crippen LogP contribution in [0.3, 0.4) is 0 Å². The van der Waals surface area contributed by atoms with Crippen molar-refractivity contribution in [3.05, 3.63) is 98.1 Å². The first-order valence-electron chi connectivity index (χ1n) is 8.89. The van der Waals surface area contributed by atoms with Crippen LogP contribution in [-0.2, 0) is 6.61 Å². The fraction of sp³-hybridized carbons (Fsp3) is 0.0833. The van der Waals surface area contributed by atoms with Crippen molar-refractivity contribution < 1.29 is 14.6 Å². The number of allylic oxidation sites excluding steroid dienone is 1. The highest BCUT2D eigenvalue weighted by atomic mass is 127. The Morgan fingerprint density at radius 3 is 2.31 bits per heavy atom. The van der Waals surface area contributed by atoms with E-state index < -0.39 is 5.97 Å². The zero-order valence-electron chi connectivity index (χ0n) is 15.7. The lowest BCUT2D eigenvalue weighted by Crippen LogP contribution is -1.97. The second-order valence-electron chi connectivity index (χ2n) is 6.52. The Bertz CT molecular complexity index is 1090. The lowest BCUT2D eigenvalue weighted by Gasteiger charge is -2.09. The van der Waals surface area contributed by atoms with Crippen molar-refractivity contribution in [3.8, 4) is 11.8 Å². The molecule has 3 rings (SSSR count). The van der Waals surface area contributed by atoms with Crippen molar-refractivity contribution in [1.29, 1.82) is 5.26 Å². The van der Waals surface area contributed by atoms with Crippen molar-refractivity contribution in [1.82, 2.24) is 0 Å². The molecule has 1 N–H and O–H groups in total. The molecule has 0 saturated carbocycles. The molecule has 0 saturated heterocycles. The molecule has 29 heavy (non-hydrogen) atoms. The second-order valence-corrected chi connectivity index (χ2v) is 7.68. The van der Waals surface area contributed by atoms with Crippen LogP contribution in [0.25, 0.3) is 11.6 Å². The summed E-state index contributed by atoms with van der Waals surface area (Å²) in [5, 5.41) is 18.5. The van der Waals surface area contributed by atoms with E-state index in [0.717, 1.165) is 20.4 Å². The van der Waals surface area contributed by atoms with Gasteiger partial charge in [-0.1, -0.05) is 48.0 Å². The number of nitrogens with zero attached hydrogens (tertiary/aromatic N) is 1. The van der Waals surface area contributed by atoms with Gasteiger partial charge in [-0.2, -0.15) is 5.26 Å². The summed E-state index contributed by atoms with van der Waals surface area (Å²) in [5.74, 6) is -0.206. The van der Waals surface area contributed by atoms with Gasteiger partial charge in [0, 0.05) is 0 Å². The van der Waals surface area contributed by atoms with Gasteiger partial charge < -0.3 is 9.84 Å². The smallest absolute Gasteiger partial charge is 0.335 e. The first kappa shape index (κ1) is 20.6. The first-order valence-corrected chi connectivity index (χ1v) is 9.97. The number of rotatable bonds is 6. The Hall–Kier alpha value is -3.11. The molecule has 4 nitrogen and oxygen atoms in total. The Morgan fingerprint density at radius 2 is 1.72 bits per heavy atom. The van der Waals surface area contributed by atoms with Gasteiger partial charge in [-0.05, 0) is 76.5 Å². The van der Waals surface area contributed by atoms with Crippen molar-refractivity contribution >= 4 is 40.2 Å². The third-order valence-corrected chi connectivity index (χ3v) is 5.19. The second kappa shape index (κ2) is 9.39. The highest BCUT2D eigenvalue weighted by Gasteiger charge is 2.07. The molecule has 0 bridgehead atoms. The summed E-state index contributed by atoms with van der Waals surface area (Å²) in [4.78, 5) is 11.0. The first-order chi connectivity index (χ1) is 14.0. The SMILES string of the molecule is Cc1ccc(COc2ccc(/C=C(/C#N)c3ccc(C(=O)O)cc3)cc2I)cc1. The Labute approximate surface area is 183 Å². The van der Waals surface area contributed by atoms with Gasteiger partial charge in [0.25, 0.3) is 0 Å². The molecule has 0 aromatic heterocycles. The minimum Gasteiger partial charge on any atom is -0.488 e. The van der Waals surface area contributed by atoms with Crippen molar-refractivity contribution in [2.24, 2.45) is 0 Å². The normalized spacial score (nSPS) is 11.0. The van der Waals surface area contributed by atoms with Crippen LogP contribution in [-0.4, -0.2) is 11.1 Å². The predicted molar refractivity (Wildman–Crippen MR) is 122 cm³/mol. The molecule has 3 aromatic carbocycles. The highest BCUT2D eigenvalue weighted by Crippen LogP contribution is 2.26. The molecule has 0 radical (unpaired) electrons. The van der Waals surface area contributed by atoms with E-state index in [1.807, 2.05) is 30.3 Å². The lowest BCUT2D eigenvalue weighted by atomic mass is 10.0. The van der Waals surface area contributed by atoms with Crippen LogP contribution in [0.15, 0.2) is 66.7 Å². The molecule has 0 atom stereocenters. The van der Waals surface area contributed by atoms with Crippen LogP contribution >= 0.6 is 22.6 Å². The minimum absolute atomic E-state index is 0.190.